The second-order valence-corrected chi connectivity index (χ2v) is 14.0. The van der Waals surface area contributed by atoms with E-state index < -0.39 is 15.3 Å². The van der Waals surface area contributed by atoms with E-state index in [2.05, 4.69) is 51.7 Å². The maximum Gasteiger partial charge on any atom is 0.232 e. The van der Waals surface area contributed by atoms with Gasteiger partial charge in [0.15, 0.2) is 0 Å². The summed E-state index contributed by atoms with van der Waals surface area (Å²) in [6.07, 6.45) is 12.9. The highest BCUT2D eigenvalue weighted by atomic mass is 32.2. The van der Waals surface area contributed by atoms with Crippen LogP contribution < -0.4 is 0 Å². The number of fused-ring (bicyclic) bond motifs is 5. The fraction of sp³-hybridized carbons (Fsp3) is 0.472. The number of aryl methyl sites for hydroxylation is 1. The molecule has 6 rings (SSSR count). The molecule has 224 valence electrons. The molecule has 2 fully saturated rings. The predicted molar refractivity (Wildman–Crippen MR) is 167 cm³/mol. The minimum absolute atomic E-state index is 0.0428. The Kier molecular flexibility index (Phi) is 8.29. The number of carbonyl (C=O) groups excluding carboxylic acids is 1. The number of unbranched alkanes of at least 4 members (excludes halogenated alkanes) is 2. The van der Waals surface area contributed by atoms with Crippen LogP contribution in [0.3, 0.4) is 0 Å². The van der Waals surface area contributed by atoms with Crippen LogP contribution >= 0.6 is 0 Å². The number of hydrogen-bond donors (Lipinski definition) is 0. The highest BCUT2D eigenvalue weighted by molar-refractivity contribution is 7.95. The standard InChI is InChI=1S/C36H40N2O4S/c1-3-5-7-8-15-22-37-23-21-32-31-24-28(17-10-6-4-2)42-33(31)34-36(32,35(37)39)25-27-16-13-14-20-30(26-38(27)34)43(40,41)29-18-11-9-12-19-29/h9,11-13,16,18-19,24,26-27,32,34H,7-8,10,14-15,17,20-23,25H2,1-2H3/b16-13-,30-26+/t27-,32-,34-,36-/m0/s1. The van der Waals surface area contributed by atoms with Crippen molar-refractivity contribution < 1.29 is 17.6 Å². The average Bonchev–Trinajstić information content (AvgIpc) is 3.61. The van der Waals surface area contributed by atoms with Crippen molar-refractivity contribution in [1.29, 1.82) is 0 Å². The lowest BCUT2D eigenvalue weighted by atomic mass is 9.67. The van der Waals surface area contributed by atoms with Gasteiger partial charge in [-0.1, -0.05) is 30.4 Å². The van der Waals surface area contributed by atoms with Crippen LogP contribution in [0.5, 0.6) is 0 Å². The smallest absolute Gasteiger partial charge is 0.232 e. The molecule has 6 nitrogen and oxygen atoms in total. The number of sulfone groups is 1. The summed E-state index contributed by atoms with van der Waals surface area (Å²) in [5.41, 5.74) is 0.440. The van der Waals surface area contributed by atoms with E-state index >= 15 is 0 Å². The molecule has 0 radical (unpaired) electrons. The van der Waals surface area contributed by atoms with Gasteiger partial charge in [0.1, 0.15) is 17.6 Å². The number of piperidine rings is 1. The predicted octanol–water partition coefficient (Wildman–Crippen LogP) is 6.53. The molecule has 7 heteroatoms. The van der Waals surface area contributed by atoms with Crippen molar-refractivity contribution in [2.75, 3.05) is 13.1 Å². The number of hydrogen-bond acceptors (Lipinski definition) is 5. The molecule has 1 aromatic heterocycles. The molecule has 2 aromatic rings. The number of nitrogens with zero attached hydrogens (tertiary/aromatic N) is 2. The van der Waals surface area contributed by atoms with Gasteiger partial charge in [-0.15, -0.1) is 23.7 Å². The van der Waals surface area contributed by atoms with Crippen molar-refractivity contribution in [3.63, 3.8) is 0 Å². The van der Waals surface area contributed by atoms with Gasteiger partial charge < -0.3 is 14.2 Å². The van der Waals surface area contributed by atoms with Gasteiger partial charge in [0.2, 0.25) is 15.7 Å². The van der Waals surface area contributed by atoms with Crippen LogP contribution in [-0.4, -0.2) is 43.3 Å². The number of allylic oxidation sites excluding steroid dienone is 2. The normalized spacial score (nSPS) is 27.6. The summed E-state index contributed by atoms with van der Waals surface area (Å²) in [7, 11) is -3.70. The van der Waals surface area contributed by atoms with E-state index in [0.717, 1.165) is 55.9 Å². The lowest BCUT2D eigenvalue weighted by Crippen LogP contribution is -2.52. The molecular weight excluding hydrogens is 556 g/mol. The van der Waals surface area contributed by atoms with E-state index in [1.54, 1.807) is 24.3 Å². The quantitative estimate of drug-likeness (QED) is 0.197. The van der Waals surface area contributed by atoms with E-state index in [1.807, 2.05) is 26.1 Å². The first-order chi connectivity index (χ1) is 20.9. The van der Waals surface area contributed by atoms with Gasteiger partial charge in [-0.3, -0.25) is 4.79 Å². The largest absolute Gasteiger partial charge is 0.464 e. The second kappa shape index (κ2) is 12.1. The summed E-state index contributed by atoms with van der Waals surface area (Å²) in [6.45, 7) is 5.15. The van der Waals surface area contributed by atoms with E-state index in [-0.39, 0.29) is 23.9 Å². The van der Waals surface area contributed by atoms with Gasteiger partial charge in [0.05, 0.1) is 15.2 Å². The number of furan rings is 1. The van der Waals surface area contributed by atoms with Crippen LogP contribution in [0.15, 0.2) is 69.0 Å². The van der Waals surface area contributed by atoms with Crippen molar-refractivity contribution in [1.82, 2.24) is 9.80 Å². The summed E-state index contributed by atoms with van der Waals surface area (Å²) in [5.74, 6) is 14.1. The SMILES string of the molecule is CC#CCCCCN1CC[C@H]2c3cc(CCC#CC)oc3[C@@H]3N4/C=C(/S(=O)(=O)c5ccccc5)CC/C=C\[C@H]4C[C@@]32C1=O. The van der Waals surface area contributed by atoms with E-state index in [1.165, 1.54) is 0 Å². The zero-order valence-corrected chi connectivity index (χ0v) is 26.0. The van der Waals surface area contributed by atoms with Crippen LogP contribution in [0, 0.1) is 29.1 Å². The maximum atomic E-state index is 14.7. The lowest BCUT2D eigenvalue weighted by molar-refractivity contribution is -0.149. The first-order valence-electron chi connectivity index (χ1n) is 15.6. The lowest BCUT2D eigenvalue weighted by Gasteiger charge is -2.44. The summed E-state index contributed by atoms with van der Waals surface area (Å²) in [4.78, 5) is 19.6. The summed E-state index contributed by atoms with van der Waals surface area (Å²) in [6, 6.07) is 10.4. The van der Waals surface area contributed by atoms with Gasteiger partial charge in [-0.25, -0.2) is 8.42 Å². The highest BCUT2D eigenvalue weighted by Gasteiger charge is 2.68. The molecule has 0 N–H and O–H groups in total. The number of amides is 1. The van der Waals surface area contributed by atoms with Crippen molar-refractivity contribution >= 4 is 15.7 Å². The number of rotatable bonds is 8. The first kappa shape index (κ1) is 29.4. The molecule has 4 aliphatic rings. The Morgan fingerprint density at radius 1 is 1.07 bits per heavy atom. The molecular formula is C36H40N2O4S. The van der Waals surface area contributed by atoms with E-state index in [0.29, 0.717) is 41.9 Å². The molecule has 43 heavy (non-hydrogen) atoms. The van der Waals surface area contributed by atoms with Crippen LogP contribution in [-0.2, 0) is 21.1 Å². The number of carbonyl (C=O) groups is 1. The molecule has 2 saturated heterocycles. The van der Waals surface area contributed by atoms with Crippen LogP contribution in [0.1, 0.15) is 94.3 Å². The van der Waals surface area contributed by atoms with Gasteiger partial charge in [0, 0.05) is 56.1 Å². The Hall–Kier alpha value is -3.68. The van der Waals surface area contributed by atoms with Crippen molar-refractivity contribution in [2.45, 2.75) is 94.5 Å². The average molecular weight is 597 g/mol. The molecule has 1 amide bonds. The number of likely N-dealkylation sites (tertiary alicyclic amines) is 1. The van der Waals surface area contributed by atoms with Gasteiger partial charge >= 0.3 is 0 Å². The van der Waals surface area contributed by atoms with Gasteiger partial charge in [0.25, 0.3) is 0 Å². The highest BCUT2D eigenvalue weighted by Crippen LogP contribution is 2.67. The Labute approximate surface area is 256 Å². The zero-order valence-electron chi connectivity index (χ0n) is 25.1. The molecule has 4 heterocycles. The van der Waals surface area contributed by atoms with Gasteiger partial charge in [-0.2, -0.15) is 0 Å². The Morgan fingerprint density at radius 3 is 2.65 bits per heavy atom. The Balaban J connectivity index is 1.41. The monoisotopic (exact) mass is 596 g/mol. The fourth-order valence-corrected chi connectivity index (χ4v) is 9.16. The molecule has 3 aliphatic heterocycles. The molecule has 1 aliphatic carbocycles. The molecule has 1 aromatic carbocycles. The third kappa shape index (κ3) is 5.12. The molecule has 4 atom stereocenters. The van der Waals surface area contributed by atoms with E-state index in [4.69, 9.17) is 4.42 Å². The summed E-state index contributed by atoms with van der Waals surface area (Å²) < 4.78 is 34.4. The molecule has 0 bridgehead atoms. The van der Waals surface area contributed by atoms with Crippen LogP contribution in [0.4, 0.5) is 0 Å². The van der Waals surface area contributed by atoms with E-state index in [9.17, 15) is 13.2 Å². The molecule has 1 spiro atoms. The van der Waals surface area contributed by atoms with Crippen LogP contribution in [0.2, 0.25) is 0 Å². The van der Waals surface area contributed by atoms with Crippen molar-refractivity contribution in [3.8, 4) is 23.7 Å². The summed E-state index contributed by atoms with van der Waals surface area (Å²) in [5, 5.41) is 0. The van der Waals surface area contributed by atoms with Crippen molar-refractivity contribution in [3.05, 3.63) is 76.7 Å². The first-order valence-corrected chi connectivity index (χ1v) is 17.1. The molecule has 0 saturated carbocycles. The Bertz CT molecular complexity index is 1660. The fourth-order valence-electron chi connectivity index (χ4n) is 7.70. The summed E-state index contributed by atoms with van der Waals surface area (Å²) >= 11 is 0. The van der Waals surface area contributed by atoms with Crippen molar-refractivity contribution in [2.24, 2.45) is 5.41 Å². The zero-order chi connectivity index (χ0) is 30.0. The van der Waals surface area contributed by atoms with Crippen LogP contribution in [0.25, 0.3) is 0 Å². The minimum atomic E-state index is -3.70. The second-order valence-electron chi connectivity index (χ2n) is 12.0. The maximum absolute atomic E-state index is 14.7. The van der Waals surface area contributed by atoms with Gasteiger partial charge in [-0.05, 0) is 70.6 Å². The Morgan fingerprint density at radius 2 is 1.86 bits per heavy atom. The third-order valence-electron chi connectivity index (χ3n) is 9.61. The third-order valence-corrected chi connectivity index (χ3v) is 11.5. The topological polar surface area (TPSA) is 70.8 Å². The number of benzene rings is 1. The molecule has 0 unspecified atom stereocenters. The minimum Gasteiger partial charge on any atom is -0.464 e.